The summed E-state index contributed by atoms with van der Waals surface area (Å²) in [5, 5.41) is 6.23. The fraction of sp³-hybridized carbons (Fsp3) is 0.333. The number of carbonyl (C=O) groups excluding carboxylic acids is 1. The molecule has 4 heteroatoms. The number of anilines is 2. The van der Waals surface area contributed by atoms with Crippen LogP contribution in [0.1, 0.15) is 42.1 Å². The summed E-state index contributed by atoms with van der Waals surface area (Å²) in [5.74, 6) is -0.140. The van der Waals surface area contributed by atoms with Crippen molar-refractivity contribution in [1.82, 2.24) is 4.98 Å². The van der Waals surface area contributed by atoms with Gasteiger partial charge in [0.25, 0.3) is 5.91 Å². The number of pyridine rings is 1. The van der Waals surface area contributed by atoms with Gasteiger partial charge >= 0.3 is 0 Å². The van der Waals surface area contributed by atoms with Gasteiger partial charge in [0.2, 0.25) is 0 Å². The topological polar surface area (TPSA) is 54.0 Å². The molecule has 116 valence electrons. The summed E-state index contributed by atoms with van der Waals surface area (Å²) in [6.07, 6.45) is 6.85. The second-order valence-corrected chi connectivity index (χ2v) is 5.37. The molecule has 0 radical (unpaired) electrons. The number of aromatic nitrogens is 1. The van der Waals surface area contributed by atoms with E-state index < -0.39 is 0 Å². The van der Waals surface area contributed by atoms with E-state index in [0.717, 1.165) is 29.9 Å². The highest BCUT2D eigenvalue weighted by Crippen LogP contribution is 2.16. The van der Waals surface area contributed by atoms with Gasteiger partial charge in [0.1, 0.15) is 0 Å². The van der Waals surface area contributed by atoms with Crippen molar-refractivity contribution >= 4 is 17.3 Å². The number of nitrogens with one attached hydrogen (secondary N) is 2. The van der Waals surface area contributed by atoms with Crippen LogP contribution in [0.3, 0.4) is 0 Å². The molecular weight excluding hydrogens is 274 g/mol. The summed E-state index contributed by atoms with van der Waals surface area (Å²) in [6.45, 7) is 5.05. The molecular formula is C18H23N3O. The summed E-state index contributed by atoms with van der Waals surface area (Å²) >= 11 is 0. The minimum absolute atomic E-state index is 0.140. The normalized spacial score (nSPS) is 10.3. The number of aryl methyl sites for hydroxylation is 1. The van der Waals surface area contributed by atoms with E-state index in [1.807, 2.05) is 37.3 Å². The number of hydrogen-bond acceptors (Lipinski definition) is 3. The molecule has 0 saturated carbocycles. The maximum atomic E-state index is 12.3. The number of hydrogen-bond donors (Lipinski definition) is 2. The summed E-state index contributed by atoms with van der Waals surface area (Å²) in [4.78, 5) is 16.5. The number of benzene rings is 1. The number of carbonyl (C=O) groups is 1. The predicted molar refractivity (Wildman–Crippen MR) is 91.4 cm³/mol. The van der Waals surface area contributed by atoms with Crippen LogP contribution in [-0.2, 0) is 0 Å². The monoisotopic (exact) mass is 297 g/mol. The number of rotatable bonds is 7. The summed E-state index contributed by atoms with van der Waals surface area (Å²) in [5.41, 5.74) is 3.31. The van der Waals surface area contributed by atoms with Crippen molar-refractivity contribution in [3.05, 3.63) is 53.9 Å². The third-order valence-corrected chi connectivity index (χ3v) is 3.50. The van der Waals surface area contributed by atoms with Crippen molar-refractivity contribution in [2.24, 2.45) is 0 Å². The van der Waals surface area contributed by atoms with E-state index in [4.69, 9.17) is 0 Å². The molecule has 0 saturated heterocycles. The maximum absolute atomic E-state index is 12.3. The summed E-state index contributed by atoms with van der Waals surface area (Å²) in [6, 6.07) is 9.57. The van der Waals surface area contributed by atoms with Crippen LogP contribution in [-0.4, -0.2) is 17.4 Å². The number of unbranched alkanes of at least 4 members (excludes halogenated alkanes) is 2. The van der Waals surface area contributed by atoms with Crippen LogP contribution >= 0.6 is 0 Å². The van der Waals surface area contributed by atoms with E-state index in [-0.39, 0.29) is 5.91 Å². The second-order valence-electron chi connectivity index (χ2n) is 5.37. The lowest BCUT2D eigenvalue weighted by Gasteiger charge is -2.10. The number of nitrogens with zero attached hydrogens (tertiary/aromatic N) is 1. The molecule has 0 aliphatic rings. The van der Waals surface area contributed by atoms with Gasteiger partial charge in [-0.2, -0.15) is 0 Å². The zero-order chi connectivity index (χ0) is 15.8. The zero-order valence-corrected chi connectivity index (χ0v) is 13.2. The second kappa shape index (κ2) is 8.17. The first kappa shape index (κ1) is 16.0. The minimum Gasteiger partial charge on any atom is -0.384 e. The lowest BCUT2D eigenvalue weighted by molar-refractivity contribution is 0.102. The van der Waals surface area contributed by atoms with Gasteiger partial charge in [0.05, 0.1) is 11.3 Å². The Morgan fingerprint density at radius 3 is 2.77 bits per heavy atom. The van der Waals surface area contributed by atoms with Crippen molar-refractivity contribution in [1.29, 1.82) is 0 Å². The zero-order valence-electron chi connectivity index (χ0n) is 13.2. The van der Waals surface area contributed by atoms with E-state index >= 15 is 0 Å². The van der Waals surface area contributed by atoms with Crippen molar-refractivity contribution in [2.75, 3.05) is 17.2 Å². The van der Waals surface area contributed by atoms with Crippen molar-refractivity contribution < 1.29 is 4.79 Å². The SMILES string of the molecule is CCCCCNc1cncc(C(=O)Nc2ccccc2C)c1. The average molecular weight is 297 g/mol. The molecule has 0 aliphatic carbocycles. The summed E-state index contributed by atoms with van der Waals surface area (Å²) < 4.78 is 0. The van der Waals surface area contributed by atoms with Crippen LogP contribution in [0.15, 0.2) is 42.7 Å². The quantitative estimate of drug-likeness (QED) is 0.751. The molecule has 0 aliphatic heterocycles. The van der Waals surface area contributed by atoms with Crippen LogP contribution in [0, 0.1) is 6.92 Å². The molecule has 2 N–H and O–H groups in total. The Hall–Kier alpha value is -2.36. The van der Waals surface area contributed by atoms with E-state index in [1.165, 1.54) is 12.8 Å². The lowest BCUT2D eigenvalue weighted by atomic mass is 10.2. The smallest absolute Gasteiger partial charge is 0.257 e. The highest BCUT2D eigenvalue weighted by molar-refractivity contribution is 6.04. The van der Waals surface area contributed by atoms with Crippen molar-refractivity contribution in [3.8, 4) is 0 Å². The minimum atomic E-state index is -0.140. The van der Waals surface area contributed by atoms with Crippen molar-refractivity contribution in [3.63, 3.8) is 0 Å². The fourth-order valence-electron chi connectivity index (χ4n) is 2.18. The van der Waals surface area contributed by atoms with Crippen molar-refractivity contribution in [2.45, 2.75) is 33.1 Å². The molecule has 0 unspecified atom stereocenters. The van der Waals surface area contributed by atoms with Gasteiger partial charge in [-0.05, 0) is 31.0 Å². The highest BCUT2D eigenvalue weighted by atomic mass is 16.1. The Morgan fingerprint density at radius 2 is 2.00 bits per heavy atom. The summed E-state index contributed by atoms with van der Waals surface area (Å²) in [7, 11) is 0. The molecule has 1 aromatic heterocycles. The first-order valence-corrected chi connectivity index (χ1v) is 7.76. The van der Waals surface area contributed by atoms with E-state index in [2.05, 4.69) is 22.5 Å². The molecule has 1 heterocycles. The van der Waals surface area contributed by atoms with E-state index in [9.17, 15) is 4.79 Å². The van der Waals surface area contributed by atoms with Gasteiger partial charge in [-0.3, -0.25) is 9.78 Å². The Kier molecular flexibility index (Phi) is 5.95. The van der Waals surface area contributed by atoms with Crippen LogP contribution in [0.25, 0.3) is 0 Å². The molecule has 0 spiro atoms. The van der Waals surface area contributed by atoms with Crippen LogP contribution in [0.4, 0.5) is 11.4 Å². The molecule has 1 aromatic carbocycles. The first-order valence-electron chi connectivity index (χ1n) is 7.76. The van der Waals surface area contributed by atoms with Crippen LogP contribution < -0.4 is 10.6 Å². The molecule has 0 fully saturated rings. The molecule has 1 amide bonds. The Labute approximate surface area is 132 Å². The van der Waals surface area contributed by atoms with Gasteiger partial charge in [0, 0.05) is 24.6 Å². The third-order valence-electron chi connectivity index (χ3n) is 3.50. The molecule has 2 rings (SSSR count). The van der Waals surface area contributed by atoms with Gasteiger partial charge < -0.3 is 10.6 Å². The van der Waals surface area contributed by atoms with Crippen LogP contribution in [0.2, 0.25) is 0 Å². The Balaban J connectivity index is 1.99. The molecule has 4 nitrogen and oxygen atoms in total. The average Bonchev–Trinajstić information content (AvgIpc) is 2.54. The standard InChI is InChI=1S/C18H23N3O/c1-3-4-7-10-20-16-11-15(12-19-13-16)18(22)21-17-9-6-5-8-14(17)2/h5-6,8-9,11-13,20H,3-4,7,10H2,1-2H3,(H,21,22). The van der Waals surface area contributed by atoms with Gasteiger partial charge in [0.15, 0.2) is 0 Å². The van der Waals surface area contributed by atoms with Gasteiger partial charge in [-0.15, -0.1) is 0 Å². The molecule has 0 atom stereocenters. The largest absolute Gasteiger partial charge is 0.384 e. The Bertz CT molecular complexity index is 625. The van der Waals surface area contributed by atoms with E-state index in [0.29, 0.717) is 5.56 Å². The first-order chi connectivity index (χ1) is 10.7. The van der Waals surface area contributed by atoms with Crippen LogP contribution in [0.5, 0.6) is 0 Å². The molecule has 0 bridgehead atoms. The fourth-order valence-corrected chi connectivity index (χ4v) is 2.18. The Morgan fingerprint density at radius 1 is 1.18 bits per heavy atom. The predicted octanol–water partition coefficient (Wildman–Crippen LogP) is 4.24. The maximum Gasteiger partial charge on any atom is 0.257 e. The van der Waals surface area contributed by atoms with Gasteiger partial charge in [-0.1, -0.05) is 38.0 Å². The molecule has 2 aromatic rings. The number of para-hydroxylation sites is 1. The number of amides is 1. The highest BCUT2D eigenvalue weighted by Gasteiger charge is 2.08. The lowest BCUT2D eigenvalue weighted by Crippen LogP contribution is -2.13. The van der Waals surface area contributed by atoms with E-state index in [1.54, 1.807) is 12.4 Å². The van der Waals surface area contributed by atoms with Gasteiger partial charge in [-0.25, -0.2) is 0 Å². The molecule has 22 heavy (non-hydrogen) atoms. The third kappa shape index (κ3) is 4.58.